The van der Waals surface area contributed by atoms with Crippen molar-refractivity contribution in [3.8, 4) is 11.8 Å². The first-order chi connectivity index (χ1) is 17.7. The third-order valence-electron chi connectivity index (χ3n) is 5.61. The van der Waals surface area contributed by atoms with Gasteiger partial charge in [-0.1, -0.05) is 35.9 Å². The number of hydrogen-bond donors (Lipinski definition) is 3. The fourth-order valence-corrected chi connectivity index (χ4v) is 3.96. The van der Waals surface area contributed by atoms with E-state index in [9.17, 15) is 24.8 Å². The van der Waals surface area contributed by atoms with Crippen LogP contribution in [0, 0.1) is 25.2 Å². The number of carbonyl (C=O) groups is 3. The van der Waals surface area contributed by atoms with Gasteiger partial charge in [-0.25, -0.2) is 4.79 Å². The fourth-order valence-electron chi connectivity index (χ4n) is 3.96. The monoisotopic (exact) mass is 522 g/mol. The minimum atomic E-state index is -1.15. The Morgan fingerprint density at radius 1 is 1.05 bits per heavy atom. The molecule has 0 aliphatic heterocycles. The van der Waals surface area contributed by atoms with Gasteiger partial charge in [0.2, 0.25) is 11.8 Å². The van der Waals surface area contributed by atoms with Crippen LogP contribution < -0.4 is 10.6 Å². The molecular weight excluding hydrogens is 484 g/mol. The highest BCUT2D eigenvalue weighted by Gasteiger charge is 2.37. The second-order valence-electron chi connectivity index (χ2n) is 10.6. The summed E-state index contributed by atoms with van der Waals surface area (Å²) in [5.41, 5.74) is 2.12. The van der Waals surface area contributed by atoms with Crippen molar-refractivity contribution in [1.82, 2.24) is 15.5 Å². The number of nitrogens with one attached hydrogen (secondary N) is 2. The van der Waals surface area contributed by atoms with Crippen LogP contribution in [0.5, 0.6) is 5.75 Å². The smallest absolute Gasteiger partial charge is 0.408 e. The topological polar surface area (TPSA) is 132 Å². The van der Waals surface area contributed by atoms with Crippen molar-refractivity contribution in [2.45, 2.75) is 78.6 Å². The van der Waals surface area contributed by atoms with Crippen molar-refractivity contribution >= 4 is 17.9 Å². The number of amides is 3. The molecule has 0 aliphatic rings. The zero-order valence-electron chi connectivity index (χ0n) is 23.2. The Kier molecular flexibility index (Phi) is 10.3. The first-order valence-corrected chi connectivity index (χ1v) is 12.5. The molecule has 0 radical (unpaired) electrons. The molecule has 0 bridgehead atoms. The number of nitriles is 1. The molecule has 0 saturated carbocycles. The van der Waals surface area contributed by atoms with Gasteiger partial charge in [0.15, 0.2) is 0 Å². The van der Waals surface area contributed by atoms with E-state index in [0.29, 0.717) is 11.1 Å². The summed E-state index contributed by atoms with van der Waals surface area (Å²) in [7, 11) is 0. The molecule has 2 rings (SSSR count). The number of aromatic hydroxyl groups is 1. The molecular formula is C29H38N4O5. The third-order valence-corrected chi connectivity index (χ3v) is 5.61. The Morgan fingerprint density at radius 3 is 2.24 bits per heavy atom. The second-order valence-corrected chi connectivity index (χ2v) is 10.6. The molecule has 38 heavy (non-hydrogen) atoms. The van der Waals surface area contributed by atoms with Gasteiger partial charge in [0.05, 0.1) is 6.07 Å². The first-order valence-electron chi connectivity index (χ1n) is 12.5. The largest absolute Gasteiger partial charge is 0.508 e. The standard InChI is InChI=1S/C29H38N4O5/c1-18(2)31-26(35)25(23-16-19(3)8-9-20(23)4)33(15-14-30)27(36)24(32-28(37)38-29(5,6)7)17-21-10-12-22(34)13-11-21/h8-13,16,18,24-25,34H,15,17H2,1-7H3,(H,31,35)(H,32,37). The Morgan fingerprint density at radius 2 is 1.68 bits per heavy atom. The minimum absolute atomic E-state index is 0.0472. The van der Waals surface area contributed by atoms with E-state index in [1.807, 2.05) is 52.0 Å². The molecule has 9 heteroatoms. The predicted octanol–water partition coefficient (Wildman–Crippen LogP) is 4.06. The normalized spacial score (nSPS) is 12.7. The van der Waals surface area contributed by atoms with E-state index in [4.69, 9.17) is 4.74 Å². The van der Waals surface area contributed by atoms with Gasteiger partial charge in [-0.15, -0.1) is 0 Å². The number of alkyl carbamates (subject to hydrolysis) is 1. The summed E-state index contributed by atoms with van der Waals surface area (Å²) in [6.07, 6.45) is -0.757. The SMILES string of the molecule is Cc1ccc(C)c(C(C(=O)NC(C)C)N(CC#N)C(=O)C(Cc2ccc(O)cc2)NC(=O)OC(C)(C)C)c1. The third kappa shape index (κ3) is 8.80. The quantitative estimate of drug-likeness (QED) is 0.426. The molecule has 2 unspecified atom stereocenters. The van der Waals surface area contributed by atoms with E-state index in [-0.39, 0.29) is 24.8 Å². The number of benzene rings is 2. The highest BCUT2D eigenvalue weighted by molar-refractivity contribution is 5.92. The first kappa shape index (κ1) is 30.2. The number of carbonyl (C=O) groups excluding carboxylic acids is 3. The van der Waals surface area contributed by atoms with Gasteiger partial charge in [-0.3, -0.25) is 9.59 Å². The van der Waals surface area contributed by atoms with Gasteiger partial charge in [0, 0.05) is 12.5 Å². The molecule has 2 atom stereocenters. The maximum Gasteiger partial charge on any atom is 0.408 e. The molecule has 3 amide bonds. The van der Waals surface area contributed by atoms with Gasteiger partial charge < -0.3 is 25.4 Å². The predicted molar refractivity (Wildman–Crippen MR) is 144 cm³/mol. The summed E-state index contributed by atoms with van der Waals surface area (Å²) >= 11 is 0. The zero-order valence-corrected chi connectivity index (χ0v) is 23.2. The zero-order chi connectivity index (χ0) is 28.6. The van der Waals surface area contributed by atoms with Crippen LogP contribution in [0.3, 0.4) is 0 Å². The van der Waals surface area contributed by atoms with E-state index < -0.39 is 35.6 Å². The van der Waals surface area contributed by atoms with Crippen LogP contribution in [0.4, 0.5) is 4.79 Å². The van der Waals surface area contributed by atoms with Crippen LogP contribution in [0.25, 0.3) is 0 Å². The maximum atomic E-state index is 14.1. The van der Waals surface area contributed by atoms with Crippen LogP contribution >= 0.6 is 0 Å². The lowest BCUT2D eigenvalue weighted by atomic mass is 9.95. The number of phenolic OH excluding ortho intramolecular Hbond substituents is 1. The Bertz CT molecular complexity index is 1180. The van der Waals surface area contributed by atoms with Crippen molar-refractivity contribution in [1.29, 1.82) is 5.26 Å². The van der Waals surface area contributed by atoms with Crippen LogP contribution in [0.1, 0.15) is 62.9 Å². The Labute approximate surface area is 224 Å². The molecule has 9 nitrogen and oxygen atoms in total. The number of aryl methyl sites for hydroxylation is 2. The summed E-state index contributed by atoms with van der Waals surface area (Å²) in [6, 6.07) is 11.4. The van der Waals surface area contributed by atoms with E-state index in [2.05, 4.69) is 10.6 Å². The number of phenols is 1. The van der Waals surface area contributed by atoms with E-state index in [0.717, 1.165) is 11.1 Å². The van der Waals surface area contributed by atoms with Gasteiger partial charge in [-0.2, -0.15) is 5.26 Å². The molecule has 0 saturated heterocycles. The summed E-state index contributed by atoms with van der Waals surface area (Å²) in [4.78, 5) is 41.5. The summed E-state index contributed by atoms with van der Waals surface area (Å²) in [6.45, 7) is 12.1. The van der Waals surface area contributed by atoms with Crippen LogP contribution in [-0.4, -0.2) is 52.1 Å². The van der Waals surface area contributed by atoms with Crippen molar-refractivity contribution in [3.63, 3.8) is 0 Å². The van der Waals surface area contributed by atoms with Gasteiger partial charge >= 0.3 is 6.09 Å². The summed E-state index contributed by atoms with van der Waals surface area (Å²) in [5.74, 6) is -0.989. The van der Waals surface area contributed by atoms with Crippen molar-refractivity contribution < 1.29 is 24.2 Å². The van der Waals surface area contributed by atoms with Crippen molar-refractivity contribution in [2.75, 3.05) is 6.54 Å². The molecule has 0 aliphatic carbocycles. The average molecular weight is 523 g/mol. The van der Waals surface area contributed by atoms with Crippen molar-refractivity contribution in [3.05, 3.63) is 64.7 Å². The number of rotatable bonds is 9. The number of ether oxygens (including phenoxy) is 1. The average Bonchev–Trinajstić information content (AvgIpc) is 2.79. The van der Waals surface area contributed by atoms with Crippen LogP contribution in [0.2, 0.25) is 0 Å². The molecule has 2 aromatic rings. The molecule has 3 N–H and O–H groups in total. The van der Waals surface area contributed by atoms with Gasteiger partial charge in [0.25, 0.3) is 0 Å². The highest BCUT2D eigenvalue weighted by Crippen LogP contribution is 2.27. The summed E-state index contributed by atoms with van der Waals surface area (Å²) in [5, 5.41) is 24.9. The van der Waals surface area contributed by atoms with E-state index >= 15 is 0 Å². The summed E-state index contributed by atoms with van der Waals surface area (Å²) < 4.78 is 5.39. The lowest BCUT2D eigenvalue weighted by Crippen LogP contribution is -2.54. The highest BCUT2D eigenvalue weighted by atomic mass is 16.6. The fraction of sp³-hybridized carbons (Fsp3) is 0.448. The maximum absolute atomic E-state index is 14.1. The molecule has 204 valence electrons. The molecule has 0 fully saturated rings. The van der Waals surface area contributed by atoms with Crippen molar-refractivity contribution in [2.24, 2.45) is 0 Å². The Balaban J connectivity index is 2.58. The minimum Gasteiger partial charge on any atom is -0.508 e. The lowest BCUT2D eigenvalue weighted by Gasteiger charge is -2.34. The number of nitrogens with zero attached hydrogens (tertiary/aromatic N) is 2. The van der Waals surface area contributed by atoms with Gasteiger partial charge in [-0.05, 0) is 77.3 Å². The Hall–Kier alpha value is -4.06. The number of hydrogen-bond acceptors (Lipinski definition) is 6. The van der Waals surface area contributed by atoms with E-state index in [1.165, 1.54) is 17.0 Å². The second kappa shape index (κ2) is 13.0. The lowest BCUT2D eigenvalue weighted by molar-refractivity contribution is -0.142. The van der Waals surface area contributed by atoms with E-state index in [1.54, 1.807) is 32.9 Å². The van der Waals surface area contributed by atoms with Crippen LogP contribution in [-0.2, 0) is 20.7 Å². The van der Waals surface area contributed by atoms with Gasteiger partial charge in [0.1, 0.15) is 30.0 Å². The molecule has 2 aromatic carbocycles. The molecule has 0 aromatic heterocycles. The molecule has 0 heterocycles. The van der Waals surface area contributed by atoms with Crippen LogP contribution in [0.15, 0.2) is 42.5 Å². The molecule has 0 spiro atoms.